The summed E-state index contributed by atoms with van der Waals surface area (Å²) >= 11 is 0. The van der Waals surface area contributed by atoms with E-state index in [4.69, 9.17) is 5.73 Å². The first kappa shape index (κ1) is 11.7. The number of carbonyl (C=O) groups is 1. The molecule has 0 saturated heterocycles. The number of hydrogen-bond acceptors (Lipinski definition) is 3. The fourth-order valence-corrected chi connectivity index (χ4v) is 1.31. The fourth-order valence-electron chi connectivity index (χ4n) is 1.31. The zero-order valence-corrected chi connectivity index (χ0v) is 8.94. The van der Waals surface area contributed by atoms with E-state index in [1.54, 1.807) is 24.5 Å². The molecule has 0 spiro atoms. The number of nitrogens with two attached hydrogens (primary N) is 1. The van der Waals surface area contributed by atoms with Crippen LogP contribution < -0.4 is 11.1 Å². The van der Waals surface area contributed by atoms with Crippen LogP contribution in [0.3, 0.4) is 0 Å². The Labute approximate surface area is 89.9 Å². The largest absolute Gasteiger partial charge is 0.350 e. The highest BCUT2D eigenvalue weighted by Crippen LogP contribution is 1.99. The summed E-state index contributed by atoms with van der Waals surface area (Å²) in [6.45, 7) is 2.64. The Morgan fingerprint density at radius 2 is 2.20 bits per heavy atom. The number of nitrogens with one attached hydrogen (secondary N) is 1. The van der Waals surface area contributed by atoms with E-state index in [9.17, 15) is 4.79 Å². The van der Waals surface area contributed by atoms with E-state index >= 15 is 0 Å². The van der Waals surface area contributed by atoms with Crippen molar-refractivity contribution < 1.29 is 4.79 Å². The number of aromatic nitrogens is 1. The second kappa shape index (κ2) is 6.14. The van der Waals surface area contributed by atoms with Crippen LogP contribution in [0.4, 0.5) is 0 Å². The number of pyridine rings is 1. The van der Waals surface area contributed by atoms with E-state index < -0.39 is 0 Å². The van der Waals surface area contributed by atoms with Gasteiger partial charge in [-0.2, -0.15) is 0 Å². The third kappa shape index (κ3) is 4.08. The van der Waals surface area contributed by atoms with Gasteiger partial charge in [0.05, 0.1) is 0 Å². The predicted molar refractivity (Wildman–Crippen MR) is 59.5 cm³/mol. The SMILES string of the molecule is CC(CCCN)NC(=O)c1ccncc1. The highest BCUT2D eigenvalue weighted by Gasteiger charge is 2.08. The van der Waals surface area contributed by atoms with E-state index in [1.165, 1.54) is 0 Å². The smallest absolute Gasteiger partial charge is 0.251 e. The Bertz CT molecular complexity index is 300. The van der Waals surface area contributed by atoms with Crippen LogP contribution in [0.25, 0.3) is 0 Å². The van der Waals surface area contributed by atoms with Crippen molar-refractivity contribution in [3.05, 3.63) is 30.1 Å². The van der Waals surface area contributed by atoms with Gasteiger partial charge in [-0.15, -0.1) is 0 Å². The molecule has 1 unspecified atom stereocenters. The molecule has 3 N–H and O–H groups in total. The van der Waals surface area contributed by atoms with Crippen LogP contribution in [0.5, 0.6) is 0 Å². The van der Waals surface area contributed by atoms with Crippen LogP contribution in [0.15, 0.2) is 24.5 Å². The highest BCUT2D eigenvalue weighted by atomic mass is 16.1. The van der Waals surface area contributed by atoms with Crippen LogP contribution in [0.1, 0.15) is 30.1 Å². The lowest BCUT2D eigenvalue weighted by molar-refractivity contribution is 0.0938. The average molecular weight is 207 g/mol. The Hall–Kier alpha value is -1.42. The lowest BCUT2D eigenvalue weighted by Crippen LogP contribution is -2.32. The third-order valence-electron chi connectivity index (χ3n) is 2.16. The molecule has 15 heavy (non-hydrogen) atoms. The molecule has 4 nitrogen and oxygen atoms in total. The molecule has 1 aromatic rings. The van der Waals surface area contributed by atoms with Crippen molar-refractivity contribution in [2.75, 3.05) is 6.54 Å². The molecule has 1 aromatic heterocycles. The highest BCUT2D eigenvalue weighted by molar-refractivity contribution is 5.94. The average Bonchev–Trinajstić information content (AvgIpc) is 2.27. The van der Waals surface area contributed by atoms with Crippen molar-refractivity contribution in [1.29, 1.82) is 0 Å². The van der Waals surface area contributed by atoms with E-state index in [-0.39, 0.29) is 11.9 Å². The molecule has 1 rings (SSSR count). The Balaban J connectivity index is 2.42. The number of hydrogen-bond donors (Lipinski definition) is 2. The van der Waals surface area contributed by atoms with Crippen LogP contribution in [-0.4, -0.2) is 23.5 Å². The van der Waals surface area contributed by atoms with Crippen LogP contribution >= 0.6 is 0 Å². The molecule has 0 aromatic carbocycles. The summed E-state index contributed by atoms with van der Waals surface area (Å²) in [6.07, 6.45) is 5.06. The summed E-state index contributed by atoms with van der Waals surface area (Å²) in [7, 11) is 0. The minimum absolute atomic E-state index is 0.0538. The maximum absolute atomic E-state index is 11.6. The summed E-state index contributed by atoms with van der Waals surface area (Å²) < 4.78 is 0. The Morgan fingerprint density at radius 1 is 1.53 bits per heavy atom. The van der Waals surface area contributed by atoms with Crippen LogP contribution in [0, 0.1) is 0 Å². The normalized spacial score (nSPS) is 12.1. The molecule has 1 atom stereocenters. The Kier molecular flexibility index (Phi) is 4.77. The molecule has 0 saturated carbocycles. The van der Waals surface area contributed by atoms with Gasteiger partial charge in [0.25, 0.3) is 5.91 Å². The predicted octanol–water partition coefficient (Wildman–Crippen LogP) is 0.939. The van der Waals surface area contributed by atoms with Crippen molar-refractivity contribution >= 4 is 5.91 Å². The lowest BCUT2D eigenvalue weighted by atomic mass is 10.1. The number of carbonyl (C=O) groups excluding carboxylic acids is 1. The van der Waals surface area contributed by atoms with Gasteiger partial charge in [0.15, 0.2) is 0 Å². The van der Waals surface area contributed by atoms with E-state index in [2.05, 4.69) is 10.3 Å². The third-order valence-corrected chi connectivity index (χ3v) is 2.16. The number of rotatable bonds is 5. The molecular formula is C11H17N3O. The number of amides is 1. The van der Waals surface area contributed by atoms with Gasteiger partial charge in [-0.05, 0) is 38.4 Å². The van der Waals surface area contributed by atoms with Crippen molar-refractivity contribution in [3.8, 4) is 0 Å². The maximum Gasteiger partial charge on any atom is 0.251 e. The van der Waals surface area contributed by atoms with Gasteiger partial charge < -0.3 is 11.1 Å². The molecule has 0 aliphatic heterocycles. The van der Waals surface area contributed by atoms with Crippen LogP contribution in [-0.2, 0) is 0 Å². The second-order valence-electron chi connectivity index (χ2n) is 3.54. The summed E-state index contributed by atoms with van der Waals surface area (Å²) in [5, 5.41) is 2.91. The van der Waals surface area contributed by atoms with Gasteiger partial charge in [-0.25, -0.2) is 0 Å². The lowest BCUT2D eigenvalue weighted by Gasteiger charge is -2.12. The molecule has 1 heterocycles. The van der Waals surface area contributed by atoms with E-state index in [0.717, 1.165) is 12.8 Å². The summed E-state index contributed by atoms with van der Waals surface area (Å²) in [5.74, 6) is -0.0538. The van der Waals surface area contributed by atoms with Gasteiger partial charge in [0.2, 0.25) is 0 Å². The second-order valence-corrected chi connectivity index (χ2v) is 3.54. The van der Waals surface area contributed by atoms with Crippen molar-refractivity contribution in [1.82, 2.24) is 10.3 Å². The zero-order chi connectivity index (χ0) is 11.1. The topological polar surface area (TPSA) is 68.0 Å². The quantitative estimate of drug-likeness (QED) is 0.755. The standard InChI is InChI=1S/C11H17N3O/c1-9(3-2-6-12)14-11(15)10-4-7-13-8-5-10/h4-5,7-9H,2-3,6,12H2,1H3,(H,14,15). The van der Waals surface area contributed by atoms with Crippen molar-refractivity contribution in [2.24, 2.45) is 5.73 Å². The van der Waals surface area contributed by atoms with Gasteiger partial charge in [0, 0.05) is 24.0 Å². The molecule has 0 aliphatic carbocycles. The van der Waals surface area contributed by atoms with Gasteiger partial charge in [-0.1, -0.05) is 0 Å². The van der Waals surface area contributed by atoms with Crippen molar-refractivity contribution in [2.45, 2.75) is 25.8 Å². The molecular weight excluding hydrogens is 190 g/mol. The molecule has 4 heteroatoms. The molecule has 0 fully saturated rings. The van der Waals surface area contributed by atoms with Crippen LogP contribution in [0.2, 0.25) is 0 Å². The van der Waals surface area contributed by atoms with E-state index in [1.807, 2.05) is 6.92 Å². The first-order valence-corrected chi connectivity index (χ1v) is 5.15. The zero-order valence-electron chi connectivity index (χ0n) is 8.94. The first-order valence-electron chi connectivity index (χ1n) is 5.15. The molecule has 0 aliphatic rings. The van der Waals surface area contributed by atoms with Gasteiger partial charge >= 0.3 is 0 Å². The summed E-state index contributed by atoms with van der Waals surface area (Å²) in [6, 6.07) is 3.56. The first-order chi connectivity index (χ1) is 7.24. The maximum atomic E-state index is 11.6. The van der Waals surface area contributed by atoms with E-state index in [0.29, 0.717) is 12.1 Å². The minimum atomic E-state index is -0.0538. The molecule has 0 bridgehead atoms. The summed E-state index contributed by atoms with van der Waals surface area (Å²) in [5.41, 5.74) is 6.04. The minimum Gasteiger partial charge on any atom is -0.350 e. The molecule has 82 valence electrons. The number of nitrogens with zero attached hydrogens (tertiary/aromatic N) is 1. The van der Waals surface area contributed by atoms with Crippen molar-refractivity contribution in [3.63, 3.8) is 0 Å². The van der Waals surface area contributed by atoms with Gasteiger partial charge in [-0.3, -0.25) is 9.78 Å². The van der Waals surface area contributed by atoms with Gasteiger partial charge in [0.1, 0.15) is 0 Å². The monoisotopic (exact) mass is 207 g/mol. The fraction of sp³-hybridized carbons (Fsp3) is 0.455. The Morgan fingerprint density at radius 3 is 2.80 bits per heavy atom. The molecule has 1 amide bonds. The summed E-state index contributed by atoms with van der Waals surface area (Å²) in [4.78, 5) is 15.5. The molecule has 0 radical (unpaired) electrons.